The summed E-state index contributed by atoms with van der Waals surface area (Å²) in [6.07, 6.45) is 0. The first-order valence-corrected chi connectivity index (χ1v) is 9.26. The van der Waals surface area contributed by atoms with Crippen molar-refractivity contribution in [2.45, 2.75) is 46.7 Å². The lowest BCUT2D eigenvalue weighted by atomic mass is 10.0. The zero-order valence-corrected chi connectivity index (χ0v) is 16.8. The van der Waals surface area contributed by atoms with Crippen molar-refractivity contribution in [2.75, 3.05) is 26.7 Å². The summed E-state index contributed by atoms with van der Waals surface area (Å²) >= 11 is 0. The topological polar surface area (TPSA) is 70.7 Å². The van der Waals surface area contributed by atoms with Gasteiger partial charge in [-0.05, 0) is 36.7 Å². The van der Waals surface area contributed by atoms with Crippen LogP contribution in [-0.2, 0) is 9.59 Å². The number of hydrogen-bond donors (Lipinski definition) is 2. The Bertz CT molecular complexity index is 585. The van der Waals surface area contributed by atoms with Crippen LogP contribution in [0.25, 0.3) is 0 Å². The highest BCUT2D eigenvalue weighted by Gasteiger charge is 2.25. The van der Waals surface area contributed by atoms with Crippen LogP contribution >= 0.6 is 0 Å². The lowest BCUT2D eigenvalue weighted by molar-refractivity contribution is -0.129. The molecule has 2 N–H and O–H groups in total. The molecule has 6 heteroatoms. The number of carbonyl (C=O) groups excluding carboxylic acids is 2. The normalized spacial score (nSPS) is 13.4. The van der Waals surface area contributed by atoms with Gasteiger partial charge in [0.2, 0.25) is 11.8 Å². The number of rotatable bonds is 10. The SMILES string of the molecule is CCN(CC)C(CNC(=O)C(NC(C)=O)C(C)C)c1cccc(OC)c1. The molecule has 0 saturated heterocycles. The van der Waals surface area contributed by atoms with E-state index in [2.05, 4.69) is 29.4 Å². The highest BCUT2D eigenvalue weighted by Crippen LogP contribution is 2.24. The van der Waals surface area contributed by atoms with Crippen molar-refractivity contribution < 1.29 is 14.3 Å². The zero-order valence-electron chi connectivity index (χ0n) is 16.8. The van der Waals surface area contributed by atoms with Crippen LogP contribution < -0.4 is 15.4 Å². The molecule has 1 rings (SSSR count). The number of carbonyl (C=O) groups is 2. The second kappa shape index (κ2) is 10.8. The third kappa shape index (κ3) is 6.33. The maximum Gasteiger partial charge on any atom is 0.242 e. The Kier molecular flexibility index (Phi) is 9.13. The molecule has 0 aliphatic carbocycles. The van der Waals surface area contributed by atoms with Gasteiger partial charge in [-0.15, -0.1) is 0 Å². The zero-order chi connectivity index (χ0) is 19.7. The highest BCUT2D eigenvalue weighted by molar-refractivity contribution is 5.87. The van der Waals surface area contributed by atoms with Gasteiger partial charge in [-0.2, -0.15) is 0 Å². The van der Waals surface area contributed by atoms with E-state index in [-0.39, 0.29) is 23.8 Å². The molecule has 0 fully saturated rings. The molecule has 0 radical (unpaired) electrons. The minimum Gasteiger partial charge on any atom is -0.497 e. The third-order valence-electron chi connectivity index (χ3n) is 4.51. The van der Waals surface area contributed by atoms with Gasteiger partial charge in [0, 0.05) is 13.5 Å². The van der Waals surface area contributed by atoms with Crippen LogP contribution in [-0.4, -0.2) is 49.5 Å². The quantitative estimate of drug-likeness (QED) is 0.669. The molecule has 2 amide bonds. The molecule has 146 valence electrons. The van der Waals surface area contributed by atoms with Gasteiger partial charge in [-0.1, -0.05) is 39.8 Å². The summed E-state index contributed by atoms with van der Waals surface area (Å²) in [6, 6.07) is 7.42. The van der Waals surface area contributed by atoms with E-state index in [1.807, 2.05) is 38.1 Å². The molecule has 1 aromatic rings. The Morgan fingerprint density at radius 1 is 1.19 bits per heavy atom. The van der Waals surface area contributed by atoms with Gasteiger partial charge >= 0.3 is 0 Å². The van der Waals surface area contributed by atoms with E-state index in [9.17, 15) is 9.59 Å². The lowest BCUT2D eigenvalue weighted by Gasteiger charge is -2.31. The smallest absolute Gasteiger partial charge is 0.242 e. The monoisotopic (exact) mass is 363 g/mol. The summed E-state index contributed by atoms with van der Waals surface area (Å²) in [4.78, 5) is 26.3. The van der Waals surface area contributed by atoms with Crippen LogP contribution in [0.4, 0.5) is 0 Å². The van der Waals surface area contributed by atoms with E-state index in [1.54, 1.807) is 7.11 Å². The third-order valence-corrected chi connectivity index (χ3v) is 4.51. The Balaban J connectivity index is 2.95. The van der Waals surface area contributed by atoms with Gasteiger partial charge in [-0.3, -0.25) is 14.5 Å². The van der Waals surface area contributed by atoms with E-state index in [1.165, 1.54) is 6.92 Å². The molecule has 26 heavy (non-hydrogen) atoms. The van der Waals surface area contributed by atoms with Crippen molar-refractivity contribution in [1.82, 2.24) is 15.5 Å². The van der Waals surface area contributed by atoms with Crippen LogP contribution in [0.5, 0.6) is 5.75 Å². The van der Waals surface area contributed by atoms with Crippen LogP contribution in [0.3, 0.4) is 0 Å². The molecular formula is C20H33N3O3. The van der Waals surface area contributed by atoms with Crippen molar-refractivity contribution in [3.8, 4) is 5.75 Å². The molecular weight excluding hydrogens is 330 g/mol. The maximum atomic E-state index is 12.6. The van der Waals surface area contributed by atoms with Crippen molar-refractivity contribution in [1.29, 1.82) is 0 Å². The van der Waals surface area contributed by atoms with Crippen LogP contribution in [0.2, 0.25) is 0 Å². The maximum absolute atomic E-state index is 12.6. The standard InChI is InChI=1S/C20H33N3O3/c1-7-23(8-2)18(16-10-9-11-17(12-16)26-6)13-21-20(25)19(14(3)4)22-15(5)24/h9-12,14,18-19H,7-8,13H2,1-6H3,(H,21,25)(H,22,24). The van der Waals surface area contributed by atoms with E-state index < -0.39 is 6.04 Å². The first-order chi connectivity index (χ1) is 12.3. The number of benzene rings is 1. The fourth-order valence-electron chi connectivity index (χ4n) is 3.03. The van der Waals surface area contributed by atoms with Crippen molar-refractivity contribution in [3.63, 3.8) is 0 Å². The summed E-state index contributed by atoms with van der Waals surface area (Å²) in [7, 11) is 1.65. The van der Waals surface area contributed by atoms with Crippen molar-refractivity contribution in [3.05, 3.63) is 29.8 Å². The van der Waals surface area contributed by atoms with Gasteiger partial charge in [-0.25, -0.2) is 0 Å². The fraction of sp³-hybridized carbons (Fsp3) is 0.600. The molecule has 2 atom stereocenters. The number of hydrogen-bond acceptors (Lipinski definition) is 4. The largest absolute Gasteiger partial charge is 0.497 e. The predicted molar refractivity (Wildman–Crippen MR) is 104 cm³/mol. The number of amides is 2. The molecule has 0 bridgehead atoms. The summed E-state index contributed by atoms with van der Waals surface area (Å²) in [5.74, 6) is 0.453. The van der Waals surface area contributed by atoms with Crippen LogP contribution in [0.15, 0.2) is 24.3 Å². The molecule has 6 nitrogen and oxygen atoms in total. The fourth-order valence-corrected chi connectivity index (χ4v) is 3.03. The molecule has 0 spiro atoms. The predicted octanol–water partition coefficient (Wildman–Crippen LogP) is 2.36. The summed E-state index contributed by atoms with van der Waals surface area (Å²) in [6.45, 7) is 11.7. The Hall–Kier alpha value is -2.08. The summed E-state index contributed by atoms with van der Waals surface area (Å²) in [5, 5.41) is 5.75. The first kappa shape index (κ1) is 22.0. The average Bonchev–Trinajstić information content (AvgIpc) is 2.62. The minimum atomic E-state index is -0.532. The van der Waals surface area contributed by atoms with Crippen molar-refractivity contribution >= 4 is 11.8 Å². The van der Waals surface area contributed by atoms with Gasteiger partial charge in [0.1, 0.15) is 11.8 Å². The second-order valence-electron chi connectivity index (χ2n) is 6.68. The number of methoxy groups -OCH3 is 1. The first-order valence-electron chi connectivity index (χ1n) is 9.26. The number of nitrogens with zero attached hydrogens (tertiary/aromatic N) is 1. The van der Waals surface area contributed by atoms with E-state index in [0.29, 0.717) is 6.54 Å². The Morgan fingerprint density at radius 3 is 2.35 bits per heavy atom. The second-order valence-corrected chi connectivity index (χ2v) is 6.68. The Morgan fingerprint density at radius 2 is 1.85 bits per heavy atom. The minimum absolute atomic E-state index is 0.0163. The van der Waals surface area contributed by atoms with Crippen LogP contribution in [0.1, 0.15) is 46.2 Å². The van der Waals surface area contributed by atoms with Gasteiger partial charge in [0.15, 0.2) is 0 Å². The molecule has 2 unspecified atom stereocenters. The number of likely N-dealkylation sites (N-methyl/N-ethyl adjacent to an activating group) is 1. The number of ether oxygens (including phenoxy) is 1. The van der Waals surface area contributed by atoms with Gasteiger partial charge in [0.25, 0.3) is 0 Å². The highest BCUT2D eigenvalue weighted by atomic mass is 16.5. The summed E-state index contributed by atoms with van der Waals surface area (Å²) < 4.78 is 5.34. The average molecular weight is 364 g/mol. The van der Waals surface area contributed by atoms with Gasteiger partial charge in [0.05, 0.1) is 13.2 Å². The number of nitrogens with one attached hydrogen (secondary N) is 2. The summed E-state index contributed by atoms with van der Waals surface area (Å²) in [5.41, 5.74) is 1.09. The molecule has 1 aromatic carbocycles. The van der Waals surface area contributed by atoms with E-state index in [4.69, 9.17) is 4.74 Å². The Labute approximate surface area is 157 Å². The van der Waals surface area contributed by atoms with Crippen molar-refractivity contribution in [2.24, 2.45) is 5.92 Å². The molecule has 0 heterocycles. The molecule has 0 aliphatic rings. The van der Waals surface area contributed by atoms with Crippen LogP contribution in [0, 0.1) is 5.92 Å². The lowest BCUT2D eigenvalue weighted by Crippen LogP contribution is -2.50. The molecule has 0 aromatic heterocycles. The molecule has 0 aliphatic heterocycles. The molecule has 0 saturated carbocycles. The van der Waals surface area contributed by atoms with Gasteiger partial charge < -0.3 is 15.4 Å². The van der Waals surface area contributed by atoms with E-state index in [0.717, 1.165) is 24.4 Å². The van der Waals surface area contributed by atoms with E-state index >= 15 is 0 Å².